The summed E-state index contributed by atoms with van der Waals surface area (Å²) in [5, 5.41) is 8.36. The third-order valence-electron chi connectivity index (χ3n) is 2.49. The molecule has 6 nitrogen and oxygen atoms in total. The number of carbonyl (C=O) groups excluding carboxylic acids is 1. The lowest BCUT2D eigenvalue weighted by Crippen LogP contribution is -2.40. The zero-order valence-electron chi connectivity index (χ0n) is 13.1. The summed E-state index contributed by atoms with van der Waals surface area (Å²) in [4.78, 5) is 12.2. The highest BCUT2D eigenvalue weighted by atomic mass is 31.2. The first-order chi connectivity index (χ1) is 9.75. The first-order valence-corrected chi connectivity index (χ1v) is 8.58. The van der Waals surface area contributed by atoms with Gasteiger partial charge in [-0.15, -0.1) is 0 Å². The molecule has 0 spiro atoms. The van der Waals surface area contributed by atoms with Crippen molar-refractivity contribution in [1.82, 2.24) is 15.3 Å². The number of ether oxygens (including phenoxy) is 1. The molecule has 0 aliphatic heterocycles. The molecule has 21 heavy (non-hydrogen) atoms. The molecule has 0 saturated heterocycles. The highest BCUT2D eigenvalue weighted by molar-refractivity contribution is 7.58. The van der Waals surface area contributed by atoms with E-state index in [1.54, 1.807) is 31.4 Å². The molecule has 1 aromatic rings. The quantitative estimate of drug-likeness (QED) is 0.674. The van der Waals surface area contributed by atoms with E-state index in [9.17, 15) is 9.36 Å². The molecule has 0 heterocycles. The summed E-state index contributed by atoms with van der Waals surface area (Å²) in [5.41, 5.74) is 0.423. The number of carbonyl (C=O) groups is 1. The number of hydrogen-bond donors (Lipinski definition) is 3. The van der Waals surface area contributed by atoms with E-state index in [0.29, 0.717) is 11.3 Å². The van der Waals surface area contributed by atoms with Crippen molar-refractivity contribution in [3.63, 3.8) is 0 Å². The Bertz CT molecular complexity index is 501. The number of benzene rings is 1. The normalized spacial score (nSPS) is 11.8. The van der Waals surface area contributed by atoms with Gasteiger partial charge in [0.2, 0.25) is 0 Å². The fraction of sp³-hybridized carbons (Fsp3) is 0.500. The van der Waals surface area contributed by atoms with Gasteiger partial charge < -0.3 is 4.74 Å². The highest BCUT2D eigenvalue weighted by Gasteiger charge is 2.26. The number of methoxy groups -OCH3 is 1. The van der Waals surface area contributed by atoms with Gasteiger partial charge in [0.05, 0.1) is 7.11 Å². The molecule has 7 heteroatoms. The average molecular weight is 313 g/mol. The molecule has 118 valence electrons. The van der Waals surface area contributed by atoms with Crippen LogP contribution in [-0.4, -0.2) is 25.1 Å². The number of rotatable bonds is 7. The van der Waals surface area contributed by atoms with Crippen molar-refractivity contribution in [3.8, 4) is 5.75 Å². The van der Waals surface area contributed by atoms with Crippen LogP contribution in [0.2, 0.25) is 0 Å². The van der Waals surface area contributed by atoms with Gasteiger partial charge in [0.1, 0.15) is 5.75 Å². The maximum atomic E-state index is 12.8. The van der Waals surface area contributed by atoms with E-state index in [-0.39, 0.29) is 12.1 Å². The van der Waals surface area contributed by atoms with Crippen LogP contribution in [0.15, 0.2) is 24.3 Å². The van der Waals surface area contributed by atoms with E-state index in [2.05, 4.69) is 15.3 Å². The Morgan fingerprint density at radius 1 is 1.05 bits per heavy atom. The number of nitrogens with one attached hydrogen (secondary N) is 3. The minimum atomic E-state index is -3.20. The van der Waals surface area contributed by atoms with Crippen molar-refractivity contribution in [2.24, 2.45) is 0 Å². The van der Waals surface area contributed by atoms with Crippen LogP contribution in [0.4, 0.5) is 0 Å². The third kappa shape index (κ3) is 5.87. The summed E-state index contributed by atoms with van der Waals surface area (Å²) in [5.74, 6) is 0.262. The number of hydrogen-bond acceptors (Lipinski definition) is 3. The summed E-state index contributed by atoms with van der Waals surface area (Å²) in [6.07, 6.45) is 0. The maximum absolute atomic E-state index is 12.8. The van der Waals surface area contributed by atoms with Gasteiger partial charge in [-0.05, 0) is 52.0 Å². The molecular weight excluding hydrogens is 289 g/mol. The van der Waals surface area contributed by atoms with Gasteiger partial charge in [-0.1, -0.05) is 0 Å². The molecule has 3 N–H and O–H groups in total. The van der Waals surface area contributed by atoms with Crippen molar-refractivity contribution in [3.05, 3.63) is 29.8 Å². The second-order valence-electron chi connectivity index (χ2n) is 5.35. The van der Waals surface area contributed by atoms with Gasteiger partial charge in [-0.2, -0.15) is 0 Å². The third-order valence-corrected chi connectivity index (χ3v) is 4.77. The van der Waals surface area contributed by atoms with Gasteiger partial charge in [0.25, 0.3) is 5.91 Å². The fourth-order valence-corrected chi connectivity index (χ4v) is 3.85. The van der Waals surface area contributed by atoms with Crippen LogP contribution in [-0.2, 0) is 4.57 Å². The minimum absolute atomic E-state index is 0.0294. The molecular formula is C14H24N3O3P. The van der Waals surface area contributed by atoms with Crippen molar-refractivity contribution >= 4 is 13.5 Å². The zero-order valence-corrected chi connectivity index (χ0v) is 14.0. The van der Waals surface area contributed by atoms with Crippen molar-refractivity contribution in [2.75, 3.05) is 7.11 Å². The van der Waals surface area contributed by atoms with Crippen LogP contribution < -0.4 is 20.0 Å². The van der Waals surface area contributed by atoms with E-state index >= 15 is 0 Å². The Balaban J connectivity index is 2.86. The largest absolute Gasteiger partial charge is 0.497 e. The highest BCUT2D eigenvalue weighted by Crippen LogP contribution is 2.32. The Morgan fingerprint density at radius 3 is 1.90 bits per heavy atom. The molecule has 1 amide bonds. The van der Waals surface area contributed by atoms with Crippen LogP contribution in [0.5, 0.6) is 5.75 Å². The summed E-state index contributed by atoms with van der Waals surface area (Å²) < 4.78 is 17.8. The lowest BCUT2D eigenvalue weighted by Gasteiger charge is -2.25. The van der Waals surface area contributed by atoms with Crippen LogP contribution in [0.3, 0.4) is 0 Å². The maximum Gasteiger partial charge on any atom is 0.306 e. The van der Waals surface area contributed by atoms with Gasteiger partial charge in [-0.3, -0.25) is 14.4 Å². The predicted molar refractivity (Wildman–Crippen MR) is 84.6 cm³/mol. The molecule has 0 unspecified atom stereocenters. The standard InChI is InChI=1S/C14H24N3O3P/c1-10(2)15-21(19,16-11(3)4)17-14(18)12-6-8-13(20-5)9-7-12/h6-11H,1-5H3,(H3,15,16,17,18,19). The van der Waals surface area contributed by atoms with E-state index in [4.69, 9.17) is 4.74 Å². The fourth-order valence-electron chi connectivity index (χ4n) is 1.78. The molecule has 0 fully saturated rings. The van der Waals surface area contributed by atoms with Crippen molar-refractivity contribution in [1.29, 1.82) is 0 Å². The monoisotopic (exact) mass is 313 g/mol. The Labute approximate surface area is 126 Å². The molecule has 1 aromatic carbocycles. The van der Waals surface area contributed by atoms with E-state index < -0.39 is 13.5 Å². The molecule has 0 saturated carbocycles. The van der Waals surface area contributed by atoms with Gasteiger partial charge in [0.15, 0.2) is 0 Å². The second-order valence-corrected chi connectivity index (χ2v) is 7.30. The predicted octanol–water partition coefficient (Wildman–Crippen LogP) is 2.53. The Morgan fingerprint density at radius 2 is 1.52 bits per heavy atom. The smallest absolute Gasteiger partial charge is 0.306 e. The van der Waals surface area contributed by atoms with Crippen LogP contribution in [0, 0.1) is 0 Å². The molecule has 0 aliphatic carbocycles. The first-order valence-electron chi connectivity index (χ1n) is 6.88. The SMILES string of the molecule is COc1ccc(C(=O)NP(=O)(NC(C)C)NC(C)C)cc1. The molecule has 0 radical (unpaired) electrons. The van der Waals surface area contributed by atoms with Crippen molar-refractivity contribution < 1.29 is 14.1 Å². The van der Waals surface area contributed by atoms with Gasteiger partial charge in [-0.25, -0.2) is 10.2 Å². The van der Waals surface area contributed by atoms with Gasteiger partial charge >= 0.3 is 7.59 Å². The Kier molecular flexibility index (Phi) is 6.40. The van der Waals surface area contributed by atoms with Crippen molar-refractivity contribution in [2.45, 2.75) is 39.8 Å². The second kappa shape index (κ2) is 7.59. The van der Waals surface area contributed by atoms with Crippen LogP contribution in [0.25, 0.3) is 0 Å². The summed E-state index contributed by atoms with van der Waals surface area (Å²) >= 11 is 0. The average Bonchev–Trinajstić information content (AvgIpc) is 2.36. The van der Waals surface area contributed by atoms with E-state index in [1.165, 1.54) is 0 Å². The summed E-state index contributed by atoms with van der Waals surface area (Å²) in [6, 6.07) is 6.57. The molecule has 1 rings (SSSR count). The van der Waals surface area contributed by atoms with E-state index in [1.807, 2.05) is 27.7 Å². The van der Waals surface area contributed by atoms with Crippen LogP contribution >= 0.6 is 7.59 Å². The molecule has 0 bridgehead atoms. The molecule has 0 aliphatic rings. The lowest BCUT2D eigenvalue weighted by atomic mass is 10.2. The summed E-state index contributed by atoms with van der Waals surface area (Å²) in [6.45, 7) is 7.48. The zero-order chi connectivity index (χ0) is 16.0. The topological polar surface area (TPSA) is 79.5 Å². The van der Waals surface area contributed by atoms with Gasteiger partial charge in [0, 0.05) is 17.6 Å². The lowest BCUT2D eigenvalue weighted by molar-refractivity contribution is 0.0979. The summed E-state index contributed by atoms with van der Waals surface area (Å²) in [7, 11) is -1.64. The Hall–Kier alpha value is -1.36. The minimum Gasteiger partial charge on any atom is -0.497 e. The number of amides is 1. The molecule has 0 atom stereocenters. The molecule has 0 aromatic heterocycles. The van der Waals surface area contributed by atoms with Crippen LogP contribution in [0.1, 0.15) is 38.1 Å². The first kappa shape index (κ1) is 17.7. The van der Waals surface area contributed by atoms with E-state index in [0.717, 1.165) is 0 Å².